The Morgan fingerprint density at radius 2 is 2.20 bits per heavy atom. The molecule has 1 aromatic carbocycles. The molecule has 0 spiro atoms. The monoisotopic (exact) mass is 334 g/mol. The van der Waals surface area contributed by atoms with Crippen LogP contribution in [0.1, 0.15) is 11.1 Å². The topological polar surface area (TPSA) is 123 Å². The molecule has 4 rings (SSSR count). The Morgan fingerprint density at radius 1 is 1.32 bits per heavy atom. The Kier molecular flexibility index (Phi) is 3.42. The van der Waals surface area contributed by atoms with Crippen molar-refractivity contribution in [3.8, 4) is 0 Å². The van der Waals surface area contributed by atoms with Gasteiger partial charge in [-0.05, 0) is 11.6 Å². The molecular weight excluding hydrogens is 320 g/mol. The molecule has 0 atom stereocenters. The zero-order chi connectivity index (χ0) is 17.4. The van der Waals surface area contributed by atoms with Crippen molar-refractivity contribution in [2.45, 2.75) is 6.54 Å². The van der Waals surface area contributed by atoms with E-state index in [1.165, 1.54) is 6.33 Å². The third-order valence-corrected chi connectivity index (χ3v) is 4.01. The highest BCUT2D eigenvalue weighted by Crippen LogP contribution is 2.24. The molecule has 0 bridgehead atoms. The van der Waals surface area contributed by atoms with Crippen LogP contribution in [0, 0.1) is 0 Å². The van der Waals surface area contributed by atoms with Gasteiger partial charge in [0.05, 0.1) is 18.4 Å². The van der Waals surface area contributed by atoms with Gasteiger partial charge in [-0.1, -0.05) is 18.2 Å². The zero-order valence-corrected chi connectivity index (χ0v) is 13.0. The molecule has 4 aromatic rings. The number of nitrogens with one attached hydrogen (secondary N) is 1. The van der Waals surface area contributed by atoms with E-state index in [1.54, 1.807) is 18.6 Å². The van der Waals surface area contributed by atoms with Gasteiger partial charge in [0.25, 0.3) is 0 Å². The van der Waals surface area contributed by atoms with E-state index in [0.717, 1.165) is 28.1 Å². The number of anilines is 1. The molecule has 3 heterocycles. The maximum absolute atomic E-state index is 10.7. The summed E-state index contributed by atoms with van der Waals surface area (Å²) in [5.74, 6) is -0.629. The number of fused-ring (bicyclic) bond motifs is 2. The number of nitrogens with zero attached hydrogens (tertiary/aromatic N) is 4. The molecule has 0 aliphatic carbocycles. The van der Waals surface area contributed by atoms with Gasteiger partial charge >= 0.3 is 5.97 Å². The number of hydrogen-bond acceptors (Lipinski definition) is 5. The summed E-state index contributed by atoms with van der Waals surface area (Å²) in [6.07, 6.45) is 7.59. The van der Waals surface area contributed by atoms with Gasteiger partial charge in [0.1, 0.15) is 11.8 Å². The first-order valence-electron chi connectivity index (χ1n) is 7.55. The van der Waals surface area contributed by atoms with Crippen molar-refractivity contribution < 1.29 is 9.90 Å². The average molecular weight is 334 g/mol. The second-order valence-corrected chi connectivity index (χ2v) is 5.56. The number of para-hydroxylation sites is 1. The summed E-state index contributed by atoms with van der Waals surface area (Å²) in [5.41, 5.74) is 9.86. The Morgan fingerprint density at radius 3 is 3.04 bits per heavy atom. The third-order valence-electron chi connectivity index (χ3n) is 4.01. The van der Waals surface area contributed by atoms with Crippen LogP contribution in [0.5, 0.6) is 0 Å². The molecule has 4 N–H and O–H groups in total. The summed E-state index contributed by atoms with van der Waals surface area (Å²) in [6.45, 7) is 0.549. The number of carboxylic acids is 1. The van der Waals surface area contributed by atoms with E-state index in [2.05, 4.69) is 19.9 Å². The number of hydrogen-bond donors (Lipinski definition) is 3. The summed E-state index contributed by atoms with van der Waals surface area (Å²) in [7, 11) is 0. The number of aromatic nitrogens is 5. The molecule has 0 aliphatic heterocycles. The number of aliphatic carboxylic acids is 1. The molecule has 0 fully saturated rings. The highest BCUT2D eigenvalue weighted by Gasteiger charge is 2.11. The number of aromatic amines is 1. The van der Waals surface area contributed by atoms with Crippen LogP contribution < -0.4 is 5.73 Å². The normalized spacial score (nSPS) is 11.7. The first kappa shape index (κ1) is 14.9. The van der Waals surface area contributed by atoms with Crippen molar-refractivity contribution in [1.82, 2.24) is 24.5 Å². The van der Waals surface area contributed by atoms with Gasteiger partial charge in [-0.2, -0.15) is 0 Å². The Hall–Kier alpha value is -3.68. The quantitative estimate of drug-likeness (QED) is 0.491. The number of nitrogen functional groups attached to an aromatic ring is 1. The SMILES string of the molecule is Nc1ncnc2c1ncn2Cc1cccc2c(/C=C/C(=O)O)c[nH]c12. The van der Waals surface area contributed by atoms with Crippen molar-refractivity contribution in [2.75, 3.05) is 5.73 Å². The lowest BCUT2D eigenvalue weighted by Crippen LogP contribution is -2.01. The van der Waals surface area contributed by atoms with E-state index in [9.17, 15) is 4.79 Å². The van der Waals surface area contributed by atoms with E-state index < -0.39 is 5.97 Å². The van der Waals surface area contributed by atoms with Crippen LogP contribution in [-0.2, 0) is 11.3 Å². The fourth-order valence-electron chi connectivity index (χ4n) is 2.87. The molecule has 0 unspecified atom stereocenters. The fourth-order valence-corrected chi connectivity index (χ4v) is 2.87. The lowest BCUT2D eigenvalue weighted by Gasteiger charge is -2.06. The van der Waals surface area contributed by atoms with Gasteiger partial charge < -0.3 is 20.4 Å². The van der Waals surface area contributed by atoms with Crippen molar-refractivity contribution >= 4 is 39.9 Å². The summed E-state index contributed by atoms with van der Waals surface area (Å²) in [5, 5.41) is 9.76. The smallest absolute Gasteiger partial charge is 0.328 e. The minimum Gasteiger partial charge on any atom is -0.478 e. The summed E-state index contributed by atoms with van der Waals surface area (Å²) in [4.78, 5) is 26.4. The van der Waals surface area contributed by atoms with Crippen LogP contribution in [0.2, 0.25) is 0 Å². The van der Waals surface area contributed by atoms with E-state index in [0.29, 0.717) is 23.5 Å². The van der Waals surface area contributed by atoms with Crippen molar-refractivity contribution in [3.63, 3.8) is 0 Å². The summed E-state index contributed by atoms with van der Waals surface area (Å²) in [6, 6.07) is 5.88. The van der Waals surface area contributed by atoms with Gasteiger partial charge in [0.15, 0.2) is 11.5 Å². The van der Waals surface area contributed by atoms with Gasteiger partial charge in [-0.15, -0.1) is 0 Å². The minimum absolute atomic E-state index is 0.350. The van der Waals surface area contributed by atoms with Crippen molar-refractivity contribution in [3.05, 3.63) is 54.3 Å². The third kappa shape index (κ3) is 2.59. The largest absolute Gasteiger partial charge is 0.478 e. The maximum atomic E-state index is 10.7. The molecule has 3 aromatic heterocycles. The van der Waals surface area contributed by atoms with E-state index in [1.807, 2.05) is 22.8 Å². The van der Waals surface area contributed by atoms with Gasteiger partial charge in [-0.3, -0.25) is 0 Å². The van der Waals surface area contributed by atoms with Crippen LogP contribution in [0.3, 0.4) is 0 Å². The van der Waals surface area contributed by atoms with Crippen LogP contribution >= 0.6 is 0 Å². The highest BCUT2D eigenvalue weighted by molar-refractivity contribution is 5.94. The Balaban J connectivity index is 1.77. The van der Waals surface area contributed by atoms with Crippen LogP contribution in [-0.4, -0.2) is 35.6 Å². The van der Waals surface area contributed by atoms with Crippen LogP contribution in [0.4, 0.5) is 5.82 Å². The number of nitrogens with two attached hydrogens (primary N) is 1. The summed E-state index contributed by atoms with van der Waals surface area (Å²) < 4.78 is 1.90. The number of benzene rings is 1. The molecule has 25 heavy (non-hydrogen) atoms. The van der Waals surface area contributed by atoms with E-state index in [4.69, 9.17) is 10.8 Å². The Bertz CT molecular complexity index is 1120. The standard InChI is InChI=1S/C17H14N6O2/c18-16-15-17(21-8-20-16)23(9-22-15)7-11-2-1-3-12-10(4-5-13(24)25)6-19-14(11)12/h1-6,8-9,19H,7H2,(H,24,25)(H2,18,20,21)/b5-4+. The Labute approximate surface area is 141 Å². The predicted molar refractivity (Wildman–Crippen MR) is 93.8 cm³/mol. The molecule has 0 amide bonds. The predicted octanol–water partition coefficient (Wildman–Crippen LogP) is 2.04. The minimum atomic E-state index is -0.979. The molecular formula is C17H14N6O2. The second-order valence-electron chi connectivity index (χ2n) is 5.56. The van der Waals surface area contributed by atoms with Gasteiger partial charge in [0.2, 0.25) is 0 Å². The molecule has 0 saturated carbocycles. The maximum Gasteiger partial charge on any atom is 0.328 e. The number of H-pyrrole nitrogens is 1. The first-order valence-corrected chi connectivity index (χ1v) is 7.55. The molecule has 8 nitrogen and oxygen atoms in total. The zero-order valence-electron chi connectivity index (χ0n) is 13.0. The summed E-state index contributed by atoms with van der Waals surface area (Å²) >= 11 is 0. The molecule has 0 aliphatic rings. The number of carbonyl (C=O) groups is 1. The van der Waals surface area contributed by atoms with Crippen LogP contribution in [0.25, 0.3) is 28.1 Å². The lowest BCUT2D eigenvalue weighted by molar-refractivity contribution is -0.131. The number of carboxylic acid groups (broad SMARTS) is 1. The van der Waals surface area contributed by atoms with Crippen LogP contribution in [0.15, 0.2) is 43.1 Å². The average Bonchev–Trinajstić information content (AvgIpc) is 3.19. The van der Waals surface area contributed by atoms with Gasteiger partial charge in [0, 0.05) is 23.2 Å². The lowest BCUT2D eigenvalue weighted by atomic mass is 10.1. The fraction of sp³-hybridized carbons (Fsp3) is 0.0588. The van der Waals surface area contributed by atoms with E-state index in [-0.39, 0.29) is 0 Å². The van der Waals surface area contributed by atoms with Crippen molar-refractivity contribution in [2.24, 2.45) is 0 Å². The molecule has 8 heteroatoms. The number of rotatable bonds is 4. The molecule has 0 radical (unpaired) electrons. The molecule has 124 valence electrons. The van der Waals surface area contributed by atoms with Gasteiger partial charge in [-0.25, -0.2) is 19.7 Å². The van der Waals surface area contributed by atoms with E-state index >= 15 is 0 Å². The molecule has 0 saturated heterocycles. The van der Waals surface area contributed by atoms with Crippen molar-refractivity contribution in [1.29, 1.82) is 0 Å². The first-order chi connectivity index (χ1) is 12.1. The number of imidazole rings is 1. The second kappa shape index (κ2) is 5.75. The highest BCUT2D eigenvalue weighted by atomic mass is 16.4.